The molecule has 3 N–H and O–H groups in total. The first kappa shape index (κ1) is 18.0. The summed E-state index contributed by atoms with van der Waals surface area (Å²) in [6.45, 7) is 1.57. The number of pyridine rings is 1. The lowest BCUT2D eigenvalue weighted by Gasteiger charge is -2.13. The van der Waals surface area contributed by atoms with E-state index in [0.717, 1.165) is 0 Å². The van der Waals surface area contributed by atoms with Crippen molar-refractivity contribution in [3.8, 4) is 0 Å². The number of carboxylic acid groups (broad SMARTS) is 2. The Bertz CT molecular complexity index is 833. The lowest BCUT2D eigenvalue weighted by molar-refractivity contribution is -0.140. The van der Waals surface area contributed by atoms with Crippen LogP contribution < -0.4 is 5.32 Å². The van der Waals surface area contributed by atoms with Crippen LogP contribution in [-0.4, -0.2) is 43.5 Å². The minimum Gasteiger partial charge on any atom is -0.481 e. The topological polar surface area (TPSA) is 121 Å². The molecule has 10 heteroatoms. The number of rotatable bonds is 6. The molecule has 0 saturated heterocycles. The first-order valence-electron chi connectivity index (χ1n) is 6.80. The number of fused-ring (bicyclic) bond motifs is 1. The molecule has 2 heterocycles. The van der Waals surface area contributed by atoms with Crippen LogP contribution in [-0.2, 0) is 9.59 Å². The number of carbonyl (C=O) groups excluding carboxylic acids is 1. The van der Waals surface area contributed by atoms with E-state index in [2.05, 4.69) is 10.3 Å². The third-order valence-electron chi connectivity index (χ3n) is 3.28. The van der Waals surface area contributed by atoms with E-state index in [9.17, 15) is 14.4 Å². The van der Waals surface area contributed by atoms with Gasteiger partial charge in [-0.25, -0.2) is 9.78 Å². The molecule has 1 atom stereocenters. The van der Waals surface area contributed by atoms with Crippen LogP contribution in [0.4, 0.5) is 0 Å². The number of nitrogens with one attached hydrogen (secondary N) is 1. The van der Waals surface area contributed by atoms with Gasteiger partial charge in [0, 0.05) is 12.6 Å². The van der Waals surface area contributed by atoms with Crippen LogP contribution in [0.5, 0.6) is 0 Å². The van der Waals surface area contributed by atoms with Gasteiger partial charge in [0.1, 0.15) is 11.7 Å². The van der Waals surface area contributed by atoms with Gasteiger partial charge in [0.25, 0.3) is 5.91 Å². The highest BCUT2D eigenvalue weighted by Gasteiger charge is 2.25. The number of nitrogens with zero attached hydrogens (tertiary/aromatic N) is 2. The molecule has 0 saturated carbocycles. The number of imidazole rings is 1. The largest absolute Gasteiger partial charge is 0.481 e. The number of carbonyl (C=O) groups is 3. The predicted octanol–water partition coefficient (Wildman–Crippen LogP) is 2.00. The molecule has 2 aromatic heterocycles. The van der Waals surface area contributed by atoms with E-state index >= 15 is 0 Å². The number of aromatic nitrogens is 2. The van der Waals surface area contributed by atoms with Crippen molar-refractivity contribution in [2.24, 2.45) is 0 Å². The minimum absolute atomic E-state index is 0.0796. The maximum Gasteiger partial charge on any atom is 0.326 e. The standard InChI is InChI=1S/C14H13Cl2N3O5/c1-6-11(19-5-7(15)4-8(16)12(19)17-6)13(22)18-9(14(23)24)2-3-10(20)21/h4-5,9H,2-3H2,1H3,(H,18,22)(H,20,21)(H,23,24). The van der Waals surface area contributed by atoms with Gasteiger partial charge in [-0.2, -0.15) is 0 Å². The summed E-state index contributed by atoms with van der Waals surface area (Å²) in [5.74, 6) is -3.19. The van der Waals surface area contributed by atoms with Gasteiger partial charge in [0.2, 0.25) is 0 Å². The maximum atomic E-state index is 12.5. The van der Waals surface area contributed by atoms with E-state index in [1.165, 1.54) is 16.7 Å². The normalized spacial score (nSPS) is 12.1. The molecule has 0 spiro atoms. The van der Waals surface area contributed by atoms with E-state index in [1.54, 1.807) is 6.92 Å². The predicted molar refractivity (Wildman–Crippen MR) is 85.7 cm³/mol. The SMILES string of the molecule is Cc1nc2c(Cl)cc(Cl)cn2c1C(=O)NC(CCC(=O)O)C(=O)O. The van der Waals surface area contributed by atoms with Gasteiger partial charge in [0.05, 0.1) is 15.7 Å². The summed E-state index contributed by atoms with van der Waals surface area (Å²) < 4.78 is 1.37. The molecule has 0 radical (unpaired) electrons. The Morgan fingerprint density at radius 2 is 2.00 bits per heavy atom. The third-order valence-corrected chi connectivity index (χ3v) is 3.77. The monoisotopic (exact) mass is 373 g/mol. The molecule has 24 heavy (non-hydrogen) atoms. The minimum atomic E-state index is -1.34. The maximum absolute atomic E-state index is 12.5. The lowest BCUT2D eigenvalue weighted by atomic mass is 10.1. The fourth-order valence-electron chi connectivity index (χ4n) is 2.21. The lowest BCUT2D eigenvalue weighted by Crippen LogP contribution is -2.41. The van der Waals surface area contributed by atoms with Crippen molar-refractivity contribution in [3.05, 3.63) is 33.7 Å². The number of aryl methyl sites for hydroxylation is 1. The van der Waals surface area contributed by atoms with Gasteiger partial charge in [-0.3, -0.25) is 14.0 Å². The Balaban J connectivity index is 2.35. The molecule has 1 unspecified atom stereocenters. The zero-order chi connectivity index (χ0) is 18.0. The average molecular weight is 374 g/mol. The van der Waals surface area contributed by atoms with E-state index < -0.39 is 23.9 Å². The van der Waals surface area contributed by atoms with Crippen LogP contribution in [0.1, 0.15) is 29.0 Å². The summed E-state index contributed by atoms with van der Waals surface area (Å²) in [6, 6.07) is 0.132. The Morgan fingerprint density at radius 1 is 1.33 bits per heavy atom. The van der Waals surface area contributed by atoms with Crippen LogP contribution in [0.15, 0.2) is 12.3 Å². The van der Waals surface area contributed by atoms with Crippen molar-refractivity contribution in [1.82, 2.24) is 14.7 Å². The van der Waals surface area contributed by atoms with Crippen molar-refractivity contribution in [2.45, 2.75) is 25.8 Å². The van der Waals surface area contributed by atoms with E-state index in [0.29, 0.717) is 11.3 Å². The summed E-state index contributed by atoms with van der Waals surface area (Å²) in [5.41, 5.74) is 0.719. The molecule has 2 aromatic rings. The number of hydrogen-bond donors (Lipinski definition) is 3. The van der Waals surface area contributed by atoms with Gasteiger partial charge < -0.3 is 15.5 Å². The van der Waals surface area contributed by atoms with Crippen LogP contribution in [0, 0.1) is 6.92 Å². The molecule has 1 amide bonds. The van der Waals surface area contributed by atoms with Crippen molar-refractivity contribution >= 4 is 46.7 Å². The first-order valence-corrected chi connectivity index (χ1v) is 7.55. The number of hydrogen-bond acceptors (Lipinski definition) is 4. The van der Waals surface area contributed by atoms with Crippen molar-refractivity contribution in [1.29, 1.82) is 0 Å². The van der Waals surface area contributed by atoms with Gasteiger partial charge in [-0.15, -0.1) is 0 Å². The number of amides is 1. The number of halogens is 2. The second-order valence-electron chi connectivity index (χ2n) is 5.04. The Morgan fingerprint density at radius 3 is 2.58 bits per heavy atom. The smallest absolute Gasteiger partial charge is 0.326 e. The quantitative estimate of drug-likeness (QED) is 0.711. The molecule has 128 valence electrons. The molecule has 0 aliphatic heterocycles. The Labute approximate surface area is 146 Å². The highest BCUT2D eigenvalue weighted by molar-refractivity contribution is 6.36. The fraction of sp³-hybridized carbons (Fsp3) is 0.286. The zero-order valence-corrected chi connectivity index (χ0v) is 13.9. The molecule has 0 aliphatic rings. The summed E-state index contributed by atoms with van der Waals surface area (Å²) in [4.78, 5) is 38.4. The average Bonchev–Trinajstić information content (AvgIpc) is 2.79. The Hall–Kier alpha value is -2.32. The Kier molecular flexibility index (Phi) is 5.30. The second kappa shape index (κ2) is 7.06. The van der Waals surface area contributed by atoms with Gasteiger partial charge in [0.15, 0.2) is 5.65 Å². The van der Waals surface area contributed by atoms with Crippen LogP contribution >= 0.6 is 23.2 Å². The molecule has 0 aromatic carbocycles. The van der Waals surface area contributed by atoms with Crippen molar-refractivity contribution < 1.29 is 24.6 Å². The van der Waals surface area contributed by atoms with Crippen LogP contribution in [0.3, 0.4) is 0 Å². The zero-order valence-electron chi connectivity index (χ0n) is 12.4. The molecule has 2 rings (SSSR count). The second-order valence-corrected chi connectivity index (χ2v) is 5.89. The molecule has 8 nitrogen and oxygen atoms in total. The molecule has 0 fully saturated rings. The molecular formula is C14H13Cl2N3O5. The molecule has 0 aliphatic carbocycles. The molecular weight excluding hydrogens is 361 g/mol. The van der Waals surface area contributed by atoms with Gasteiger partial charge >= 0.3 is 11.9 Å². The summed E-state index contributed by atoms with van der Waals surface area (Å²) >= 11 is 12.0. The van der Waals surface area contributed by atoms with E-state index in [1.807, 2.05) is 0 Å². The van der Waals surface area contributed by atoms with E-state index in [-0.39, 0.29) is 28.6 Å². The molecule has 0 bridgehead atoms. The van der Waals surface area contributed by atoms with Crippen molar-refractivity contribution in [3.63, 3.8) is 0 Å². The van der Waals surface area contributed by atoms with Crippen LogP contribution in [0.25, 0.3) is 5.65 Å². The van der Waals surface area contributed by atoms with Crippen LogP contribution in [0.2, 0.25) is 10.0 Å². The summed E-state index contributed by atoms with van der Waals surface area (Å²) in [5, 5.41) is 20.6. The highest BCUT2D eigenvalue weighted by Crippen LogP contribution is 2.24. The summed E-state index contributed by atoms with van der Waals surface area (Å²) in [6.07, 6.45) is 0.805. The van der Waals surface area contributed by atoms with Gasteiger partial charge in [-0.05, 0) is 19.4 Å². The van der Waals surface area contributed by atoms with Gasteiger partial charge in [-0.1, -0.05) is 23.2 Å². The van der Waals surface area contributed by atoms with Crippen molar-refractivity contribution in [2.75, 3.05) is 0 Å². The number of carboxylic acids is 2. The van der Waals surface area contributed by atoms with E-state index in [4.69, 9.17) is 33.4 Å². The third kappa shape index (κ3) is 3.77. The summed E-state index contributed by atoms with van der Waals surface area (Å²) in [7, 11) is 0. The number of aliphatic carboxylic acids is 2. The highest BCUT2D eigenvalue weighted by atomic mass is 35.5. The first-order chi connectivity index (χ1) is 11.2. The fourth-order valence-corrected chi connectivity index (χ4v) is 2.73.